The predicted molar refractivity (Wildman–Crippen MR) is 73.6 cm³/mol. The molecule has 0 N–H and O–H groups in total. The van der Waals surface area contributed by atoms with Crippen LogP contribution in [0, 0.1) is 12.3 Å². The first-order valence-corrected chi connectivity index (χ1v) is 7.23. The van der Waals surface area contributed by atoms with Gasteiger partial charge in [-0.1, -0.05) is 19.3 Å². The van der Waals surface area contributed by atoms with Crippen molar-refractivity contribution < 1.29 is 4.74 Å². The molecule has 18 heavy (non-hydrogen) atoms. The minimum Gasteiger partial charge on any atom is -0.385 e. The van der Waals surface area contributed by atoms with Crippen LogP contribution in [0.25, 0.3) is 0 Å². The molecule has 1 aromatic heterocycles. The molecule has 0 atom stereocenters. The van der Waals surface area contributed by atoms with Gasteiger partial charge in [0, 0.05) is 32.2 Å². The normalized spacial score (nSPS) is 19.0. The zero-order valence-corrected chi connectivity index (χ0v) is 11.8. The van der Waals surface area contributed by atoms with Gasteiger partial charge in [-0.3, -0.25) is 4.68 Å². The molecule has 1 heterocycles. The van der Waals surface area contributed by atoms with Crippen LogP contribution in [0.2, 0.25) is 0 Å². The van der Waals surface area contributed by atoms with Crippen molar-refractivity contribution in [2.24, 2.45) is 5.41 Å². The molecule has 0 bridgehead atoms. The highest BCUT2D eigenvalue weighted by atomic mass is 16.5. The highest BCUT2D eigenvalue weighted by Gasteiger charge is 2.32. The van der Waals surface area contributed by atoms with Gasteiger partial charge in [0.2, 0.25) is 0 Å². The lowest BCUT2D eigenvalue weighted by molar-refractivity contribution is 0.110. The fourth-order valence-corrected chi connectivity index (χ4v) is 3.26. The van der Waals surface area contributed by atoms with Crippen LogP contribution in [0.1, 0.15) is 50.6 Å². The Kier molecular flexibility index (Phi) is 4.81. The van der Waals surface area contributed by atoms with Gasteiger partial charge in [-0.05, 0) is 44.1 Å². The summed E-state index contributed by atoms with van der Waals surface area (Å²) in [5.41, 5.74) is 1.75. The summed E-state index contributed by atoms with van der Waals surface area (Å²) in [6.45, 7) is 4.13. The summed E-state index contributed by atoms with van der Waals surface area (Å²) in [5.74, 6) is 0. The number of hydrogen-bond donors (Lipinski definition) is 0. The van der Waals surface area contributed by atoms with Crippen molar-refractivity contribution in [2.75, 3.05) is 13.7 Å². The summed E-state index contributed by atoms with van der Waals surface area (Å²) in [6.07, 6.45) is 11.3. The first-order valence-electron chi connectivity index (χ1n) is 7.23. The van der Waals surface area contributed by atoms with Crippen LogP contribution in [0.3, 0.4) is 0 Å². The van der Waals surface area contributed by atoms with Gasteiger partial charge in [0.15, 0.2) is 0 Å². The van der Waals surface area contributed by atoms with E-state index in [1.807, 2.05) is 6.20 Å². The van der Waals surface area contributed by atoms with Crippen LogP contribution >= 0.6 is 0 Å². The molecule has 1 saturated carbocycles. The fourth-order valence-electron chi connectivity index (χ4n) is 3.26. The summed E-state index contributed by atoms with van der Waals surface area (Å²) < 4.78 is 7.41. The van der Waals surface area contributed by atoms with E-state index < -0.39 is 0 Å². The monoisotopic (exact) mass is 250 g/mol. The Bertz CT molecular complexity index is 353. The average Bonchev–Trinajstić information content (AvgIpc) is 2.76. The topological polar surface area (TPSA) is 27.1 Å². The molecule has 3 heteroatoms. The Labute approximate surface area is 111 Å². The summed E-state index contributed by atoms with van der Waals surface area (Å²) in [7, 11) is 1.80. The van der Waals surface area contributed by atoms with Crippen LogP contribution in [0.15, 0.2) is 12.3 Å². The van der Waals surface area contributed by atoms with E-state index in [1.165, 1.54) is 50.6 Å². The Morgan fingerprint density at radius 2 is 2.11 bits per heavy atom. The van der Waals surface area contributed by atoms with E-state index in [4.69, 9.17) is 4.74 Å². The summed E-state index contributed by atoms with van der Waals surface area (Å²) in [5, 5.41) is 4.47. The number of nitrogens with zero attached hydrogens (tertiary/aromatic N) is 2. The molecule has 0 saturated heterocycles. The zero-order chi connectivity index (χ0) is 12.8. The number of ether oxygens (including phenoxy) is 1. The zero-order valence-electron chi connectivity index (χ0n) is 11.8. The molecular weight excluding hydrogens is 224 g/mol. The maximum atomic E-state index is 5.21. The Balaban J connectivity index is 2.01. The molecule has 1 aliphatic rings. The number of hydrogen-bond acceptors (Lipinski definition) is 2. The van der Waals surface area contributed by atoms with Crippen LogP contribution in [-0.2, 0) is 11.3 Å². The highest BCUT2D eigenvalue weighted by Crippen LogP contribution is 2.41. The Hall–Kier alpha value is -0.830. The molecule has 0 spiro atoms. The molecule has 1 aromatic rings. The molecular formula is C15H26N2O. The van der Waals surface area contributed by atoms with E-state index in [-0.39, 0.29) is 0 Å². The maximum Gasteiger partial charge on any atom is 0.0492 e. The number of aromatic nitrogens is 2. The molecule has 0 radical (unpaired) electrons. The second-order valence-corrected chi connectivity index (χ2v) is 5.79. The van der Waals surface area contributed by atoms with Gasteiger partial charge in [0.05, 0.1) is 0 Å². The maximum absolute atomic E-state index is 5.21. The summed E-state index contributed by atoms with van der Waals surface area (Å²) in [4.78, 5) is 0. The third-order valence-electron chi connectivity index (χ3n) is 4.38. The molecule has 102 valence electrons. The lowest BCUT2D eigenvalue weighted by Gasteiger charge is -2.37. The van der Waals surface area contributed by atoms with Gasteiger partial charge in [-0.15, -0.1) is 0 Å². The molecule has 0 amide bonds. The lowest BCUT2D eigenvalue weighted by atomic mass is 9.71. The predicted octanol–water partition coefficient (Wildman–Crippen LogP) is 3.57. The highest BCUT2D eigenvalue weighted by molar-refractivity contribution is 4.98. The number of aryl methyl sites for hydroxylation is 1. The van der Waals surface area contributed by atoms with Gasteiger partial charge in [0.25, 0.3) is 0 Å². The fraction of sp³-hybridized carbons (Fsp3) is 0.800. The third kappa shape index (κ3) is 3.35. The molecule has 1 aliphatic carbocycles. The van der Waals surface area contributed by atoms with Gasteiger partial charge in [-0.25, -0.2) is 0 Å². The van der Waals surface area contributed by atoms with E-state index in [1.54, 1.807) is 7.11 Å². The van der Waals surface area contributed by atoms with Gasteiger partial charge in [0.1, 0.15) is 0 Å². The minimum absolute atomic E-state index is 0.466. The standard InChI is InChI=1S/C15H26N2O/c1-14-7-11-16-17(14)13-15(10-6-12-18-2)8-4-3-5-9-15/h7,11H,3-6,8-10,12-13H2,1-2H3. The third-order valence-corrected chi connectivity index (χ3v) is 4.38. The van der Waals surface area contributed by atoms with E-state index in [2.05, 4.69) is 22.8 Å². The number of rotatable bonds is 6. The van der Waals surface area contributed by atoms with Crippen LogP contribution in [0.4, 0.5) is 0 Å². The first kappa shape index (κ1) is 13.6. The first-order chi connectivity index (χ1) is 8.76. The molecule has 3 nitrogen and oxygen atoms in total. The Morgan fingerprint density at radius 3 is 2.72 bits per heavy atom. The minimum atomic E-state index is 0.466. The van der Waals surface area contributed by atoms with Crippen LogP contribution in [-0.4, -0.2) is 23.5 Å². The van der Waals surface area contributed by atoms with Crippen molar-refractivity contribution in [3.05, 3.63) is 18.0 Å². The van der Waals surface area contributed by atoms with Gasteiger partial charge in [-0.2, -0.15) is 5.10 Å². The lowest BCUT2D eigenvalue weighted by Crippen LogP contribution is -2.30. The van der Waals surface area contributed by atoms with E-state index in [0.717, 1.165) is 13.2 Å². The molecule has 2 rings (SSSR count). The van der Waals surface area contributed by atoms with Crippen molar-refractivity contribution in [3.8, 4) is 0 Å². The van der Waals surface area contributed by atoms with Crippen molar-refractivity contribution in [1.82, 2.24) is 9.78 Å². The van der Waals surface area contributed by atoms with E-state index in [0.29, 0.717) is 5.41 Å². The largest absolute Gasteiger partial charge is 0.385 e. The van der Waals surface area contributed by atoms with Crippen LogP contribution in [0.5, 0.6) is 0 Å². The van der Waals surface area contributed by atoms with Gasteiger partial charge >= 0.3 is 0 Å². The summed E-state index contributed by atoms with van der Waals surface area (Å²) >= 11 is 0. The molecule has 0 unspecified atom stereocenters. The van der Waals surface area contributed by atoms with E-state index >= 15 is 0 Å². The van der Waals surface area contributed by atoms with Crippen molar-refractivity contribution in [3.63, 3.8) is 0 Å². The SMILES string of the molecule is COCCCC1(Cn2nccc2C)CCCCC1. The smallest absolute Gasteiger partial charge is 0.0492 e. The van der Waals surface area contributed by atoms with Crippen molar-refractivity contribution in [2.45, 2.75) is 58.4 Å². The van der Waals surface area contributed by atoms with Crippen molar-refractivity contribution >= 4 is 0 Å². The molecule has 0 aliphatic heterocycles. The quantitative estimate of drug-likeness (QED) is 0.722. The van der Waals surface area contributed by atoms with Gasteiger partial charge < -0.3 is 4.74 Å². The second-order valence-electron chi connectivity index (χ2n) is 5.79. The number of methoxy groups -OCH3 is 1. The summed E-state index contributed by atoms with van der Waals surface area (Å²) in [6, 6.07) is 2.10. The van der Waals surface area contributed by atoms with Crippen molar-refractivity contribution in [1.29, 1.82) is 0 Å². The average molecular weight is 250 g/mol. The van der Waals surface area contributed by atoms with Crippen LogP contribution < -0.4 is 0 Å². The molecule has 0 aromatic carbocycles. The second kappa shape index (κ2) is 6.37. The Morgan fingerprint density at radius 1 is 1.33 bits per heavy atom. The van der Waals surface area contributed by atoms with E-state index in [9.17, 15) is 0 Å². The molecule has 1 fully saturated rings.